The zero-order chi connectivity index (χ0) is 23.8. The van der Waals surface area contributed by atoms with Gasteiger partial charge >= 0.3 is 0 Å². The number of pyridine rings is 1. The van der Waals surface area contributed by atoms with Crippen molar-refractivity contribution in [2.75, 3.05) is 55.7 Å². The van der Waals surface area contributed by atoms with E-state index < -0.39 is 5.67 Å². The van der Waals surface area contributed by atoms with Crippen LogP contribution in [0.25, 0.3) is 5.69 Å². The second-order valence-corrected chi connectivity index (χ2v) is 10.8. The lowest BCUT2D eigenvalue weighted by atomic mass is 9.73. The largest absolute Gasteiger partial charge is 0.375 e. The van der Waals surface area contributed by atoms with Gasteiger partial charge in [-0.3, -0.25) is 9.47 Å². The number of hydrogen-bond donors (Lipinski definition) is 0. The Balaban J connectivity index is 1.12. The summed E-state index contributed by atoms with van der Waals surface area (Å²) in [4.78, 5) is 10.7. The van der Waals surface area contributed by atoms with Crippen molar-refractivity contribution in [2.24, 2.45) is 5.41 Å². The number of rotatable bonds is 4. The molecule has 11 heteroatoms. The number of ether oxygens (including phenoxy) is 1. The zero-order valence-corrected chi connectivity index (χ0v) is 19.8. The van der Waals surface area contributed by atoms with Gasteiger partial charge in [-0.2, -0.15) is 0 Å². The van der Waals surface area contributed by atoms with Gasteiger partial charge in [-0.05, 0) is 35.9 Å². The molecule has 2 aromatic heterocycles. The molecule has 1 spiro atoms. The molecule has 0 atom stereocenters. The van der Waals surface area contributed by atoms with Crippen molar-refractivity contribution >= 4 is 23.4 Å². The second kappa shape index (κ2) is 7.59. The van der Waals surface area contributed by atoms with E-state index in [2.05, 4.69) is 34.4 Å². The summed E-state index contributed by atoms with van der Waals surface area (Å²) in [6, 6.07) is 8.99. The van der Waals surface area contributed by atoms with Crippen LogP contribution in [0, 0.1) is 11.2 Å². The minimum atomic E-state index is -1.32. The highest BCUT2D eigenvalue weighted by molar-refractivity contribution is 6.30. The molecular weight excluding hydrogens is 476 g/mol. The van der Waals surface area contributed by atoms with E-state index in [1.807, 2.05) is 18.2 Å². The first-order valence-corrected chi connectivity index (χ1v) is 12.1. The number of benzene rings is 1. The minimum Gasteiger partial charge on any atom is -0.375 e. The lowest BCUT2D eigenvalue weighted by molar-refractivity contribution is -0.142. The van der Waals surface area contributed by atoms with Crippen LogP contribution in [0.5, 0.6) is 0 Å². The summed E-state index contributed by atoms with van der Waals surface area (Å²) < 4.78 is 35.3. The molecule has 8 nitrogen and oxygen atoms in total. The molecule has 3 saturated heterocycles. The molecule has 7 rings (SSSR count). The van der Waals surface area contributed by atoms with E-state index in [9.17, 15) is 8.78 Å². The van der Waals surface area contributed by atoms with Crippen molar-refractivity contribution in [1.82, 2.24) is 24.6 Å². The Labute approximate surface area is 206 Å². The zero-order valence-electron chi connectivity index (χ0n) is 19.0. The number of alkyl halides is 1. The molecule has 4 aliphatic heterocycles. The van der Waals surface area contributed by atoms with Crippen LogP contribution in [0.1, 0.15) is 11.4 Å². The van der Waals surface area contributed by atoms with Gasteiger partial charge in [0.15, 0.2) is 11.5 Å². The average Bonchev–Trinajstić information content (AvgIpc) is 3.08. The summed E-state index contributed by atoms with van der Waals surface area (Å²) in [5.74, 6) is 2.07. The van der Waals surface area contributed by atoms with Crippen LogP contribution in [0.4, 0.5) is 20.5 Å². The molecule has 0 amide bonds. The van der Waals surface area contributed by atoms with Gasteiger partial charge < -0.3 is 14.5 Å². The van der Waals surface area contributed by atoms with Gasteiger partial charge in [-0.1, -0.05) is 11.6 Å². The van der Waals surface area contributed by atoms with Gasteiger partial charge in [0.2, 0.25) is 5.95 Å². The Morgan fingerprint density at radius 3 is 2.51 bits per heavy atom. The fourth-order valence-electron chi connectivity index (χ4n) is 5.77. The molecular formula is C24H24ClF2N7O. The van der Waals surface area contributed by atoms with Gasteiger partial charge in [0.05, 0.1) is 31.6 Å². The van der Waals surface area contributed by atoms with E-state index in [1.165, 1.54) is 12.3 Å². The number of nitrogens with zero attached hydrogens (tertiary/aromatic N) is 7. The lowest BCUT2D eigenvalue weighted by Crippen LogP contribution is -2.73. The van der Waals surface area contributed by atoms with E-state index in [0.29, 0.717) is 18.1 Å². The van der Waals surface area contributed by atoms with Gasteiger partial charge in [0, 0.05) is 49.7 Å². The molecule has 0 N–H and O–H groups in total. The first-order chi connectivity index (χ1) is 16.9. The highest BCUT2D eigenvalue weighted by Gasteiger charge is 2.53. The highest BCUT2D eigenvalue weighted by Crippen LogP contribution is 2.44. The highest BCUT2D eigenvalue weighted by atomic mass is 35.5. The first kappa shape index (κ1) is 21.5. The molecule has 0 radical (unpaired) electrons. The van der Waals surface area contributed by atoms with E-state index in [4.69, 9.17) is 16.3 Å². The standard InChI is InChI=1S/C24H24ClF2N7O/c25-17-1-3-19-16(5-17)7-31(13-24(27)14-35-15-24)8-21-29-30-22(34(19)21)33-11-23(12-33)9-32(10-23)20-4-2-18(26)6-28-20/h1-6H,7-15H2. The number of anilines is 2. The van der Waals surface area contributed by atoms with Crippen molar-refractivity contribution in [3.8, 4) is 5.69 Å². The maximum atomic E-state index is 14.9. The first-order valence-electron chi connectivity index (χ1n) is 11.7. The average molecular weight is 500 g/mol. The monoisotopic (exact) mass is 499 g/mol. The van der Waals surface area contributed by atoms with E-state index >= 15 is 0 Å². The number of aromatic nitrogens is 4. The third kappa shape index (κ3) is 3.57. The van der Waals surface area contributed by atoms with E-state index in [-0.39, 0.29) is 31.0 Å². The predicted octanol–water partition coefficient (Wildman–Crippen LogP) is 2.84. The SMILES string of the molecule is Fc1ccc(N2CC3(C2)CN(c2nnc4n2-c2ccc(Cl)cc2CN(CC2(F)COC2)C4)C3)nc1. The van der Waals surface area contributed by atoms with Crippen molar-refractivity contribution in [3.05, 3.63) is 58.8 Å². The third-order valence-corrected chi connectivity index (χ3v) is 7.64. The fourth-order valence-corrected chi connectivity index (χ4v) is 5.96. The molecule has 4 aliphatic rings. The Kier molecular flexibility index (Phi) is 4.65. The van der Waals surface area contributed by atoms with Crippen LogP contribution in [0.3, 0.4) is 0 Å². The molecule has 6 heterocycles. The summed E-state index contributed by atoms with van der Waals surface area (Å²) >= 11 is 6.33. The van der Waals surface area contributed by atoms with Gasteiger partial charge in [-0.25, -0.2) is 13.8 Å². The molecule has 35 heavy (non-hydrogen) atoms. The van der Waals surface area contributed by atoms with E-state index in [0.717, 1.165) is 55.0 Å². The van der Waals surface area contributed by atoms with Crippen molar-refractivity contribution in [1.29, 1.82) is 0 Å². The molecule has 0 aliphatic carbocycles. The summed E-state index contributed by atoms with van der Waals surface area (Å²) in [6.45, 7) is 5.09. The molecule has 0 bridgehead atoms. The molecule has 1 aromatic carbocycles. The molecule has 0 saturated carbocycles. The van der Waals surface area contributed by atoms with Crippen LogP contribution >= 0.6 is 11.6 Å². The van der Waals surface area contributed by atoms with Crippen LogP contribution in [-0.2, 0) is 17.8 Å². The lowest BCUT2D eigenvalue weighted by Gasteiger charge is -2.60. The fraction of sp³-hybridized carbons (Fsp3) is 0.458. The molecule has 3 aromatic rings. The van der Waals surface area contributed by atoms with Gasteiger partial charge in [0.1, 0.15) is 11.6 Å². The summed E-state index contributed by atoms with van der Waals surface area (Å²) in [5, 5.41) is 9.71. The van der Waals surface area contributed by atoms with Gasteiger partial charge in [0.25, 0.3) is 0 Å². The van der Waals surface area contributed by atoms with Crippen molar-refractivity contribution in [3.63, 3.8) is 0 Å². The molecule has 3 fully saturated rings. The maximum absolute atomic E-state index is 14.9. The number of halogens is 3. The Hall–Kier alpha value is -2.82. The quantitative estimate of drug-likeness (QED) is 0.547. The Bertz CT molecular complexity index is 1280. The Morgan fingerprint density at radius 2 is 1.80 bits per heavy atom. The smallest absolute Gasteiger partial charge is 0.231 e. The van der Waals surface area contributed by atoms with E-state index in [1.54, 1.807) is 6.07 Å². The van der Waals surface area contributed by atoms with Crippen LogP contribution in [0.2, 0.25) is 5.02 Å². The van der Waals surface area contributed by atoms with Crippen molar-refractivity contribution < 1.29 is 13.5 Å². The summed E-state index contributed by atoms with van der Waals surface area (Å²) in [7, 11) is 0. The van der Waals surface area contributed by atoms with Crippen LogP contribution < -0.4 is 9.80 Å². The topological polar surface area (TPSA) is 62.6 Å². The second-order valence-electron chi connectivity index (χ2n) is 10.4. The van der Waals surface area contributed by atoms with Gasteiger partial charge in [-0.15, -0.1) is 10.2 Å². The third-order valence-electron chi connectivity index (χ3n) is 7.41. The Morgan fingerprint density at radius 1 is 1.00 bits per heavy atom. The minimum absolute atomic E-state index is 0.129. The molecule has 182 valence electrons. The maximum Gasteiger partial charge on any atom is 0.231 e. The summed E-state index contributed by atoms with van der Waals surface area (Å²) in [6.07, 6.45) is 1.26. The van der Waals surface area contributed by atoms with Crippen LogP contribution in [-0.4, -0.2) is 76.3 Å². The van der Waals surface area contributed by atoms with Crippen LogP contribution in [0.15, 0.2) is 36.5 Å². The predicted molar refractivity (Wildman–Crippen MR) is 126 cm³/mol. The number of fused-ring (bicyclic) bond motifs is 3. The normalized spacial score (nSPS) is 22.0. The number of hydrogen-bond acceptors (Lipinski definition) is 7. The van der Waals surface area contributed by atoms with Crippen molar-refractivity contribution in [2.45, 2.75) is 18.8 Å². The summed E-state index contributed by atoms with van der Waals surface area (Å²) in [5.41, 5.74) is 0.855. The molecule has 0 unspecified atom stereocenters.